The molecule has 0 saturated carbocycles. The predicted octanol–water partition coefficient (Wildman–Crippen LogP) is -0.110. The molecule has 0 heterocycles. The van der Waals surface area contributed by atoms with Crippen molar-refractivity contribution in [2.24, 2.45) is 0 Å². The van der Waals surface area contributed by atoms with E-state index in [1.807, 2.05) is 0 Å². The van der Waals surface area contributed by atoms with Crippen LogP contribution in [0, 0.1) is 0 Å². The molecule has 3 heteroatoms. The van der Waals surface area contributed by atoms with E-state index >= 15 is 0 Å². The van der Waals surface area contributed by atoms with Crippen molar-refractivity contribution >= 4 is 0 Å². The molecule has 0 bridgehead atoms. The zero-order chi connectivity index (χ0) is 5.54. The van der Waals surface area contributed by atoms with Gasteiger partial charge in [-0.3, -0.25) is 0 Å². The number of aliphatic hydroxyl groups is 2. The Hall–Kier alpha value is 0.634. The fraction of sp³-hybridized carbons (Fsp3) is 1.00. The van der Waals surface area contributed by atoms with Gasteiger partial charge < -0.3 is 0 Å². The Morgan fingerprint density at radius 3 is 1.71 bits per heavy atom. The van der Waals surface area contributed by atoms with Crippen molar-refractivity contribution in [1.29, 1.82) is 0 Å². The average molecular weight is 138 g/mol. The summed E-state index contributed by atoms with van der Waals surface area (Å²) in [6.45, 7) is 0.611. The zero-order valence-electron chi connectivity index (χ0n) is 4.22. The Bertz CT molecular complexity index is 28.9. The molecule has 0 aliphatic rings. The second-order valence-electron chi connectivity index (χ2n) is 1.20. The van der Waals surface area contributed by atoms with Crippen molar-refractivity contribution in [2.45, 2.75) is 9.45 Å². The monoisotopic (exact) mass is 138 g/mol. The fourth-order valence-electron chi connectivity index (χ4n) is 0.283. The third-order valence-corrected chi connectivity index (χ3v) is 2.38. The molecule has 0 aromatic carbocycles. The standard InChI is InChI=1S/2C2H5O.Ti/c2*1-2-3;/h2*3H,1-2H2;. The van der Waals surface area contributed by atoms with Crippen LogP contribution in [0.25, 0.3) is 0 Å². The number of rotatable bonds is 4. The minimum atomic E-state index is 0.0139. The Balaban J connectivity index is 2.45. The summed E-state index contributed by atoms with van der Waals surface area (Å²) in [5, 5.41) is 16.5. The first-order valence-electron chi connectivity index (χ1n) is 2.34. The van der Waals surface area contributed by atoms with Crippen molar-refractivity contribution in [3.05, 3.63) is 0 Å². The third-order valence-electron chi connectivity index (χ3n) is 0.577. The van der Waals surface area contributed by atoms with E-state index in [4.69, 9.17) is 10.2 Å². The molecule has 2 N–H and O–H groups in total. The molecule has 0 aromatic rings. The van der Waals surface area contributed by atoms with E-state index in [2.05, 4.69) is 0 Å². The van der Waals surface area contributed by atoms with Gasteiger partial charge in [-0.25, -0.2) is 0 Å². The summed E-state index contributed by atoms with van der Waals surface area (Å²) in [7, 11) is 0. The van der Waals surface area contributed by atoms with Crippen LogP contribution in [0.15, 0.2) is 0 Å². The van der Waals surface area contributed by atoms with Crippen LogP contribution in [0.3, 0.4) is 0 Å². The van der Waals surface area contributed by atoms with E-state index in [0.717, 1.165) is 9.45 Å². The van der Waals surface area contributed by atoms with E-state index in [9.17, 15) is 0 Å². The molecular weight excluding hydrogens is 128 g/mol. The fourth-order valence-corrected chi connectivity index (χ4v) is 1.17. The second-order valence-corrected chi connectivity index (χ2v) is 3.54. The molecule has 0 spiro atoms. The minimum absolute atomic E-state index is 0.0139. The van der Waals surface area contributed by atoms with Gasteiger partial charge in [0.05, 0.1) is 0 Å². The summed E-state index contributed by atoms with van der Waals surface area (Å²) >= 11 is 0.0139. The van der Waals surface area contributed by atoms with Crippen molar-refractivity contribution < 1.29 is 29.4 Å². The molecule has 0 amide bonds. The summed E-state index contributed by atoms with van der Waals surface area (Å²) < 4.78 is 1.89. The van der Waals surface area contributed by atoms with E-state index in [1.165, 1.54) is 0 Å². The van der Waals surface area contributed by atoms with Gasteiger partial charge in [0.25, 0.3) is 0 Å². The maximum absolute atomic E-state index is 8.24. The van der Waals surface area contributed by atoms with Crippen LogP contribution >= 0.6 is 0 Å². The second kappa shape index (κ2) is 6.63. The maximum atomic E-state index is 8.24. The van der Waals surface area contributed by atoms with Crippen LogP contribution < -0.4 is 0 Å². The van der Waals surface area contributed by atoms with Crippen molar-refractivity contribution in [3.63, 3.8) is 0 Å². The Morgan fingerprint density at radius 2 is 1.43 bits per heavy atom. The van der Waals surface area contributed by atoms with Crippen LogP contribution in [0.5, 0.6) is 0 Å². The van der Waals surface area contributed by atoms with Crippen LogP contribution in [0.4, 0.5) is 0 Å². The molecule has 0 aliphatic carbocycles. The summed E-state index contributed by atoms with van der Waals surface area (Å²) in [4.78, 5) is 0. The van der Waals surface area contributed by atoms with Crippen molar-refractivity contribution in [3.8, 4) is 0 Å². The topological polar surface area (TPSA) is 40.5 Å². The van der Waals surface area contributed by atoms with Crippen molar-refractivity contribution in [1.82, 2.24) is 0 Å². The molecule has 0 rings (SSSR count). The summed E-state index contributed by atoms with van der Waals surface area (Å²) in [5.41, 5.74) is 0. The molecule has 0 aliphatic heterocycles. The number of hydrogen-bond acceptors (Lipinski definition) is 2. The molecule has 2 nitrogen and oxygen atoms in total. The van der Waals surface area contributed by atoms with E-state index in [0.29, 0.717) is 13.2 Å². The zero-order valence-corrected chi connectivity index (χ0v) is 5.78. The summed E-state index contributed by atoms with van der Waals surface area (Å²) in [6.07, 6.45) is 0. The molecule has 0 unspecified atom stereocenters. The van der Waals surface area contributed by atoms with Gasteiger partial charge >= 0.3 is 52.0 Å². The van der Waals surface area contributed by atoms with E-state index in [-0.39, 0.29) is 19.2 Å². The SMILES string of the molecule is OC[CH2][Ti][CH2]CO. The molecule has 0 atom stereocenters. The van der Waals surface area contributed by atoms with Gasteiger partial charge in [-0.15, -0.1) is 0 Å². The van der Waals surface area contributed by atoms with Gasteiger partial charge in [0.15, 0.2) is 0 Å². The van der Waals surface area contributed by atoms with Gasteiger partial charge in [0.1, 0.15) is 0 Å². The molecule has 42 valence electrons. The van der Waals surface area contributed by atoms with Gasteiger partial charge in [-0.05, 0) is 0 Å². The first-order valence-corrected chi connectivity index (χ1v) is 4.55. The number of hydrogen-bond donors (Lipinski definition) is 2. The van der Waals surface area contributed by atoms with Gasteiger partial charge in [-0.2, -0.15) is 0 Å². The predicted molar refractivity (Wildman–Crippen MR) is 23.8 cm³/mol. The molecular formula is C4H10O2Ti. The van der Waals surface area contributed by atoms with Crippen LogP contribution in [0.1, 0.15) is 0 Å². The average Bonchev–Trinajstić information content (AvgIpc) is 1.69. The Morgan fingerprint density at radius 1 is 1.00 bits per heavy atom. The molecule has 7 heavy (non-hydrogen) atoms. The van der Waals surface area contributed by atoms with Crippen LogP contribution in [0.2, 0.25) is 9.45 Å². The van der Waals surface area contributed by atoms with Gasteiger partial charge in [0, 0.05) is 0 Å². The summed E-state index contributed by atoms with van der Waals surface area (Å²) in [6, 6.07) is 0. The molecule has 0 fully saturated rings. The van der Waals surface area contributed by atoms with E-state index < -0.39 is 0 Å². The third kappa shape index (κ3) is 6.63. The van der Waals surface area contributed by atoms with Crippen LogP contribution in [-0.4, -0.2) is 23.4 Å². The van der Waals surface area contributed by atoms with Gasteiger partial charge in [-0.1, -0.05) is 0 Å². The first kappa shape index (κ1) is 7.63. The first-order chi connectivity index (χ1) is 3.41. The Labute approximate surface area is 52.5 Å². The quantitative estimate of drug-likeness (QED) is 0.420. The van der Waals surface area contributed by atoms with Gasteiger partial charge in [0.2, 0.25) is 0 Å². The normalized spacial score (nSPS) is 8.86. The summed E-state index contributed by atoms with van der Waals surface area (Å²) in [5.74, 6) is 0. The van der Waals surface area contributed by atoms with Crippen LogP contribution in [-0.2, 0) is 19.2 Å². The molecule has 0 saturated heterocycles. The molecule has 0 aromatic heterocycles. The van der Waals surface area contributed by atoms with Crippen molar-refractivity contribution in [2.75, 3.05) is 13.2 Å². The van der Waals surface area contributed by atoms with E-state index in [1.54, 1.807) is 0 Å². The Kier molecular flexibility index (Phi) is 7.24. The molecule has 0 radical (unpaired) electrons. The number of aliphatic hydroxyl groups excluding tert-OH is 2.